The average Bonchev–Trinajstić information content (AvgIpc) is 1.44. The molecule has 0 radical (unpaired) electrons. The lowest BCUT2D eigenvalue weighted by Gasteiger charge is -2.29. The van der Waals surface area contributed by atoms with Gasteiger partial charge in [0.2, 0.25) is 5.69 Å². The second-order valence-electron chi connectivity index (χ2n) is 23.8. The van der Waals surface area contributed by atoms with E-state index in [2.05, 4.69) is 244 Å². The molecule has 0 unspecified atom stereocenters. The van der Waals surface area contributed by atoms with Crippen LogP contribution in [0.5, 0.6) is 0 Å². The van der Waals surface area contributed by atoms with Crippen LogP contribution < -0.4 is 0 Å². The fraction of sp³-hybridized carbons (Fsp3) is 0.103. The quantitative estimate of drug-likeness (QED) is 0.149. The first kappa shape index (κ1) is 50.8. The van der Waals surface area contributed by atoms with E-state index in [4.69, 9.17) is 19.8 Å². The summed E-state index contributed by atoms with van der Waals surface area (Å²) in [7, 11) is 0. The van der Waals surface area contributed by atoms with Gasteiger partial charge in [-0.1, -0.05) is 154 Å². The topological polar surface area (TPSA) is 62.8 Å². The summed E-state index contributed by atoms with van der Waals surface area (Å²) in [5.41, 5.74) is 22.8. The molecule has 16 aromatic rings. The van der Waals surface area contributed by atoms with Crippen molar-refractivity contribution >= 4 is 92.9 Å². The number of hydrogen-bond donors (Lipinski definition) is 0. The molecule has 410 valence electrons. The molecule has 8 nitrogen and oxygen atoms in total. The van der Waals surface area contributed by atoms with E-state index in [9.17, 15) is 6.57 Å². The molecule has 0 aliphatic carbocycles. The van der Waals surface area contributed by atoms with Crippen LogP contribution in [0.4, 0.5) is 5.69 Å². The SMILES string of the molecule is [C-]#[N+]c1c(-n2c3ccc(C)cc3c3cc(C)ccc32)c(-n2c3ccc(C)cc3c3cc(C)ccc32)c(-c2nc(-c3ccccc3)nc(-c3ccccc3)n2)c(-n2c3ccc(C)cc3c3cc(C)ccc32)c1-n1c2ccc(C)cc2c2cc(C)ccc21. The van der Waals surface area contributed by atoms with Crippen LogP contribution in [0.2, 0.25) is 0 Å². The number of benzene rings is 11. The number of aryl methyl sites for hydroxylation is 8. The molecule has 0 saturated carbocycles. The molecule has 0 aliphatic heterocycles. The maximum Gasteiger partial charge on any atom is 0.238 e. The summed E-state index contributed by atoms with van der Waals surface area (Å²) in [6.45, 7) is 27.6. The van der Waals surface area contributed by atoms with Gasteiger partial charge in [-0.2, -0.15) is 0 Å². The summed E-state index contributed by atoms with van der Waals surface area (Å²) < 4.78 is 9.65. The summed E-state index contributed by atoms with van der Waals surface area (Å²) in [6.07, 6.45) is 0. The Bertz CT molecular complexity index is 5050. The second kappa shape index (κ2) is 19.1. The molecule has 86 heavy (non-hydrogen) atoms. The highest BCUT2D eigenvalue weighted by Crippen LogP contribution is 2.55. The van der Waals surface area contributed by atoms with E-state index in [0.717, 1.165) is 160 Å². The van der Waals surface area contributed by atoms with Gasteiger partial charge in [-0.05, 0) is 152 Å². The summed E-state index contributed by atoms with van der Waals surface area (Å²) in [5, 5.41) is 8.80. The molecule has 0 aliphatic rings. The third-order valence-corrected chi connectivity index (χ3v) is 17.6. The Morgan fingerprint density at radius 3 is 0.721 bits per heavy atom. The van der Waals surface area contributed by atoms with E-state index in [1.165, 1.54) is 0 Å². The fourth-order valence-corrected chi connectivity index (χ4v) is 13.7. The smallest absolute Gasteiger partial charge is 0.238 e. The molecule has 16 rings (SSSR count). The van der Waals surface area contributed by atoms with Crippen LogP contribution in [0.25, 0.3) is 149 Å². The maximum absolute atomic E-state index is 10.3. The van der Waals surface area contributed by atoms with E-state index in [1.54, 1.807) is 0 Å². The molecule has 5 heterocycles. The highest BCUT2D eigenvalue weighted by atomic mass is 15.2. The zero-order valence-electron chi connectivity index (χ0n) is 49.2. The highest BCUT2D eigenvalue weighted by molar-refractivity contribution is 6.18. The van der Waals surface area contributed by atoms with Crippen molar-refractivity contribution in [1.82, 2.24) is 33.2 Å². The van der Waals surface area contributed by atoms with Crippen LogP contribution in [-0.4, -0.2) is 33.2 Å². The number of hydrogen-bond acceptors (Lipinski definition) is 3. The van der Waals surface area contributed by atoms with E-state index in [1.807, 2.05) is 36.4 Å². The van der Waals surface area contributed by atoms with Crippen molar-refractivity contribution in [2.24, 2.45) is 0 Å². The van der Waals surface area contributed by atoms with Crippen LogP contribution in [0.3, 0.4) is 0 Å². The lowest BCUT2D eigenvalue weighted by atomic mass is 9.99. The second-order valence-corrected chi connectivity index (χ2v) is 23.8. The Balaban J connectivity index is 1.28. The largest absolute Gasteiger partial charge is 0.317 e. The Morgan fingerprint density at radius 1 is 0.267 bits per heavy atom. The summed E-state index contributed by atoms with van der Waals surface area (Å²) >= 11 is 0. The predicted molar refractivity (Wildman–Crippen MR) is 358 cm³/mol. The molecule has 11 aromatic carbocycles. The fourth-order valence-electron chi connectivity index (χ4n) is 13.7. The van der Waals surface area contributed by atoms with E-state index in [-0.39, 0.29) is 0 Å². The molecule has 8 heteroatoms. The van der Waals surface area contributed by atoms with Gasteiger partial charge in [-0.15, -0.1) is 0 Å². The van der Waals surface area contributed by atoms with Gasteiger partial charge in [0.15, 0.2) is 17.5 Å². The number of aromatic nitrogens is 7. The third kappa shape index (κ3) is 7.64. The van der Waals surface area contributed by atoms with Crippen molar-refractivity contribution in [2.45, 2.75) is 55.4 Å². The normalized spacial score (nSPS) is 11.9. The van der Waals surface area contributed by atoms with Crippen molar-refractivity contribution < 1.29 is 0 Å². The van der Waals surface area contributed by atoms with Crippen LogP contribution >= 0.6 is 0 Å². The molecule has 5 aromatic heterocycles. The van der Waals surface area contributed by atoms with E-state index in [0.29, 0.717) is 34.5 Å². The van der Waals surface area contributed by atoms with Crippen molar-refractivity contribution in [3.05, 3.63) is 262 Å². The average molecular weight is 1110 g/mol. The van der Waals surface area contributed by atoms with Crippen LogP contribution in [0, 0.1) is 62.0 Å². The Morgan fingerprint density at radius 2 is 0.488 bits per heavy atom. The summed E-state index contributed by atoms with van der Waals surface area (Å²) in [6, 6.07) is 74.7. The molecule has 0 saturated heterocycles. The lowest BCUT2D eigenvalue weighted by molar-refractivity contribution is 1.02. The first-order valence-electron chi connectivity index (χ1n) is 29.4. The van der Waals surface area contributed by atoms with Gasteiger partial charge < -0.3 is 18.3 Å². The maximum atomic E-state index is 10.3. The zero-order chi connectivity index (χ0) is 58.4. The monoisotopic (exact) mass is 1110 g/mol. The standard InChI is InChI=1S/C78H58N8/c1-44-20-28-62-54(36-44)55-37-45(2)21-29-63(55)83(62)72-70(78-81-76(52-16-12-10-13-17-52)80-77(82-78)53-18-14-11-15-19-53)73(84-64-30-22-46(3)38-56(64)57-39-47(4)23-31-65(57)84)75(86-68-34-26-50(7)42-60(68)61-43-51(8)27-35-69(61)86)71(79-9)74(72)85-66-32-24-48(5)40-58(66)59-41-49(6)25-33-67(59)85/h10-43H,1-8H3. The minimum absolute atomic E-state index is 0.449. The van der Waals surface area contributed by atoms with Gasteiger partial charge in [-0.25, -0.2) is 19.8 Å². The molecular weight excluding hydrogens is 1050 g/mol. The summed E-state index contributed by atoms with van der Waals surface area (Å²) in [5.74, 6) is 1.50. The minimum Gasteiger partial charge on any atom is -0.317 e. The van der Waals surface area contributed by atoms with Gasteiger partial charge in [0.25, 0.3) is 0 Å². The van der Waals surface area contributed by atoms with Gasteiger partial charge >= 0.3 is 0 Å². The Hall–Kier alpha value is -10.9. The number of fused-ring (bicyclic) bond motifs is 12. The van der Waals surface area contributed by atoms with Crippen molar-refractivity contribution in [3.63, 3.8) is 0 Å². The lowest BCUT2D eigenvalue weighted by Crippen LogP contribution is -2.15. The molecule has 0 spiro atoms. The van der Waals surface area contributed by atoms with Gasteiger partial charge in [-0.3, -0.25) is 0 Å². The van der Waals surface area contributed by atoms with Crippen LogP contribution in [0.1, 0.15) is 44.5 Å². The van der Waals surface area contributed by atoms with Crippen molar-refractivity contribution in [3.8, 4) is 56.9 Å². The molecule has 0 amide bonds. The Labute approximate surface area is 498 Å². The third-order valence-electron chi connectivity index (χ3n) is 17.6. The predicted octanol–water partition coefficient (Wildman–Crippen LogP) is 20.3. The van der Waals surface area contributed by atoms with Gasteiger partial charge in [0.05, 0.1) is 79.0 Å². The molecule has 0 fully saturated rings. The van der Waals surface area contributed by atoms with Gasteiger partial charge in [0, 0.05) is 54.2 Å². The number of rotatable bonds is 7. The number of nitrogens with zero attached hydrogens (tertiary/aromatic N) is 8. The first-order valence-corrected chi connectivity index (χ1v) is 29.4. The molecular formula is C78H58N8. The van der Waals surface area contributed by atoms with Gasteiger partial charge in [0.1, 0.15) is 0 Å². The highest BCUT2D eigenvalue weighted by Gasteiger charge is 2.37. The summed E-state index contributed by atoms with van der Waals surface area (Å²) in [4.78, 5) is 22.2. The first-order chi connectivity index (χ1) is 41.9. The Kier molecular flexibility index (Phi) is 11.3. The van der Waals surface area contributed by atoms with Crippen molar-refractivity contribution in [1.29, 1.82) is 0 Å². The molecule has 0 atom stereocenters. The van der Waals surface area contributed by atoms with E-state index >= 15 is 0 Å². The van der Waals surface area contributed by atoms with Crippen LogP contribution in [0.15, 0.2) is 206 Å². The minimum atomic E-state index is 0.449. The zero-order valence-corrected chi connectivity index (χ0v) is 49.2. The molecule has 0 bridgehead atoms. The molecule has 0 N–H and O–H groups in total. The van der Waals surface area contributed by atoms with Crippen molar-refractivity contribution in [2.75, 3.05) is 0 Å². The van der Waals surface area contributed by atoms with Crippen LogP contribution in [-0.2, 0) is 0 Å². The van der Waals surface area contributed by atoms with E-state index < -0.39 is 0 Å².